The zero-order valence-corrected chi connectivity index (χ0v) is 19.4. The molecule has 3 aromatic carbocycles. The molecule has 0 saturated carbocycles. The summed E-state index contributed by atoms with van der Waals surface area (Å²) < 4.78 is 0. The summed E-state index contributed by atoms with van der Waals surface area (Å²) in [6.45, 7) is 0.217. The Morgan fingerprint density at radius 1 is 0.906 bits per heavy atom. The number of aryl methyl sites for hydroxylation is 1. The molecule has 0 aromatic heterocycles. The lowest BCUT2D eigenvalue weighted by Crippen LogP contribution is -2.49. The van der Waals surface area contributed by atoms with Gasteiger partial charge in [0.1, 0.15) is 6.04 Å². The Morgan fingerprint density at radius 2 is 1.53 bits per heavy atom. The lowest BCUT2D eigenvalue weighted by Gasteiger charge is -2.31. The van der Waals surface area contributed by atoms with Crippen LogP contribution in [0, 0.1) is 0 Å². The molecule has 4 nitrogen and oxygen atoms in total. The number of carbonyl (C=O) groups is 2. The van der Waals surface area contributed by atoms with Crippen molar-refractivity contribution in [1.82, 2.24) is 10.2 Å². The van der Waals surface area contributed by atoms with E-state index < -0.39 is 6.04 Å². The van der Waals surface area contributed by atoms with Crippen LogP contribution >= 0.6 is 23.2 Å². The second-order valence-electron chi connectivity index (χ2n) is 7.56. The molecular formula is C26H26Cl2N2O2. The summed E-state index contributed by atoms with van der Waals surface area (Å²) >= 11 is 12.5. The summed E-state index contributed by atoms with van der Waals surface area (Å²) in [6.07, 6.45) is 1.29. The van der Waals surface area contributed by atoms with Crippen LogP contribution in [0.15, 0.2) is 78.9 Å². The average molecular weight is 469 g/mol. The number of carbonyl (C=O) groups excluding carboxylic acids is 2. The second kappa shape index (κ2) is 11.7. The predicted octanol–water partition coefficient (Wildman–Crippen LogP) is 5.31. The third-order valence-electron chi connectivity index (χ3n) is 5.34. The first-order valence-corrected chi connectivity index (χ1v) is 11.3. The van der Waals surface area contributed by atoms with E-state index in [1.807, 2.05) is 60.7 Å². The number of amides is 2. The molecule has 0 aliphatic carbocycles. The van der Waals surface area contributed by atoms with Gasteiger partial charge in [-0.05, 0) is 35.2 Å². The summed E-state index contributed by atoms with van der Waals surface area (Å²) in [5, 5.41) is 3.70. The van der Waals surface area contributed by atoms with Gasteiger partial charge in [-0.2, -0.15) is 0 Å². The second-order valence-corrected chi connectivity index (χ2v) is 8.41. The Hall–Kier alpha value is -2.82. The van der Waals surface area contributed by atoms with Crippen molar-refractivity contribution in [3.63, 3.8) is 0 Å². The van der Waals surface area contributed by atoms with Gasteiger partial charge in [-0.1, -0.05) is 89.9 Å². The van der Waals surface area contributed by atoms with Crippen molar-refractivity contribution >= 4 is 35.0 Å². The number of rotatable bonds is 9. The number of halogens is 2. The maximum Gasteiger partial charge on any atom is 0.242 e. The summed E-state index contributed by atoms with van der Waals surface area (Å²) in [6, 6.07) is 24.0. The lowest BCUT2D eigenvalue weighted by molar-refractivity contribution is -0.141. The average Bonchev–Trinajstić information content (AvgIpc) is 2.81. The fourth-order valence-corrected chi connectivity index (χ4v) is 4.06. The Labute approximate surface area is 199 Å². The van der Waals surface area contributed by atoms with E-state index in [0.29, 0.717) is 22.9 Å². The number of nitrogens with zero attached hydrogens (tertiary/aromatic N) is 1. The van der Waals surface area contributed by atoms with Gasteiger partial charge in [0, 0.05) is 36.5 Å². The molecule has 166 valence electrons. The molecule has 0 spiro atoms. The molecule has 3 rings (SSSR count). The van der Waals surface area contributed by atoms with Crippen molar-refractivity contribution in [3.05, 3.63) is 106 Å². The number of nitrogens with one attached hydrogen (secondary N) is 1. The van der Waals surface area contributed by atoms with Crippen molar-refractivity contribution in [3.8, 4) is 0 Å². The molecule has 0 aliphatic rings. The first-order chi connectivity index (χ1) is 15.5. The molecule has 0 aliphatic heterocycles. The van der Waals surface area contributed by atoms with Gasteiger partial charge in [0.05, 0.1) is 0 Å². The third kappa shape index (κ3) is 6.59. The molecule has 6 heteroatoms. The predicted molar refractivity (Wildman–Crippen MR) is 130 cm³/mol. The van der Waals surface area contributed by atoms with Crippen LogP contribution < -0.4 is 5.32 Å². The topological polar surface area (TPSA) is 49.4 Å². The summed E-state index contributed by atoms with van der Waals surface area (Å²) in [5.41, 5.74) is 2.79. The molecule has 0 fully saturated rings. The summed E-state index contributed by atoms with van der Waals surface area (Å²) in [4.78, 5) is 28.0. The smallest absolute Gasteiger partial charge is 0.242 e. The maximum atomic E-state index is 13.4. The van der Waals surface area contributed by atoms with Crippen LogP contribution in [0.1, 0.15) is 23.1 Å². The third-order valence-corrected chi connectivity index (χ3v) is 5.93. The van der Waals surface area contributed by atoms with Crippen molar-refractivity contribution < 1.29 is 9.59 Å². The van der Waals surface area contributed by atoms with E-state index in [0.717, 1.165) is 16.7 Å². The molecule has 0 radical (unpaired) electrons. The minimum absolute atomic E-state index is 0.107. The zero-order valence-electron chi connectivity index (χ0n) is 17.9. The lowest BCUT2D eigenvalue weighted by atomic mass is 10.0. The number of hydrogen-bond donors (Lipinski definition) is 1. The first-order valence-electron chi connectivity index (χ1n) is 10.5. The highest BCUT2D eigenvalue weighted by atomic mass is 35.5. The monoisotopic (exact) mass is 468 g/mol. The van der Waals surface area contributed by atoms with E-state index in [4.69, 9.17) is 23.2 Å². The molecule has 0 saturated heterocycles. The zero-order chi connectivity index (χ0) is 22.9. The van der Waals surface area contributed by atoms with Crippen molar-refractivity contribution in [2.45, 2.75) is 31.8 Å². The van der Waals surface area contributed by atoms with Crippen molar-refractivity contribution in [2.75, 3.05) is 7.05 Å². The van der Waals surface area contributed by atoms with Gasteiger partial charge in [-0.3, -0.25) is 9.59 Å². The number of hydrogen-bond acceptors (Lipinski definition) is 2. The van der Waals surface area contributed by atoms with E-state index >= 15 is 0 Å². The van der Waals surface area contributed by atoms with Crippen molar-refractivity contribution in [2.24, 2.45) is 0 Å². The van der Waals surface area contributed by atoms with Gasteiger partial charge < -0.3 is 10.2 Å². The van der Waals surface area contributed by atoms with Gasteiger partial charge in [0.15, 0.2) is 0 Å². The normalized spacial score (nSPS) is 11.6. The van der Waals surface area contributed by atoms with Crippen LogP contribution in [0.5, 0.6) is 0 Å². The highest BCUT2D eigenvalue weighted by Crippen LogP contribution is 2.24. The van der Waals surface area contributed by atoms with Gasteiger partial charge in [-0.15, -0.1) is 0 Å². The summed E-state index contributed by atoms with van der Waals surface area (Å²) in [7, 11) is 1.59. The van der Waals surface area contributed by atoms with Crippen LogP contribution in [-0.2, 0) is 29.0 Å². The summed E-state index contributed by atoms with van der Waals surface area (Å²) in [5.74, 6) is -0.323. The maximum absolute atomic E-state index is 13.4. The molecule has 0 bridgehead atoms. The number of benzene rings is 3. The van der Waals surface area contributed by atoms with Crippen LogP contribution in [0.3, 0.4) is 0 Å². The van der Waals surface area contributed by atoms with Gasteiger partial charge in [-0.25, -0.2) is 0 Å². The molecule has 3 aromatic rings. The molecule has 1 N–H and O–H groups in total. The molecule has 0 heterocycles. The van der Waals surface area contributed by atoms with Crippen LogP contribution in [0.2, 0.25) is 10.0 Å². The quantitative estimate of drug-likeness (QED) is 0.462. The van der Waals surface area contributed by atoms with E-state index in [2.05, 4.69) is 5.32 Å². The van der Waals surface area contributed by atoms with Gasteiger partial charge in [0.2, 0.25) is 11.8 Å². The van der Waals surface area contributed by atoms with E-state index in [-0.39, 0.29) is 24.8 Å². The Balaban J connectivity index is 1.90. The molecule has 1 unspecified atom stereocenters. The van der Waals surface area contributed by atoms with E-state index in [9.17, 15) is 9.59 Å². The highest BCUT2D eigenvalue weighted by Gasteiger charge is 2.30. The Kier molecular flexibility index (Phi) is 8.72. The Bertz CT molecular complexity index is 1040. The van der Waals surface area contributed by atoms with Crippen molar-refractivity contribution in [1.29, 1.82) is 0 Å². The van der Waals surface area contributed by atoms with Crippen LogP contribution in [0.25, 0.3) is 0 Å². The van der Waals surface area contributed by atoms with E-state index in [1.54, 1.807) is 30.1 Å². The van der Waals surface area contributed by atoms with Gasteiger partial charge in [0.25, 0.3) is 0 Å². The minimum Gasteiger partial charge on any atom is -0.357 e. The largest absolute Gasteiger partial charge is 0.357 e. The first kappa shape index (κ1) is 23.8. The fourth-order valence-electron chi connectivity index (χ4n) is 3.59. The van der Waals surface area contributed by atoms with Crippen LogP contribution in [-0.4, -0.2) is 29.8 Å². The standard InChI is InChI=1S/C26H26Cl2N2O2/c1-29-26(32)24(16-20-10-6-3-7-11-20)30(18-21-13-14-22(27)17-23(21)28)25(31)15-12-19-8-4-2-5-9-19/h2-11,13-14,17,24H,12,15-16,18H2,1H3,(H,29,32). The highest BCUT2D eigenvalue weighted by molar-refractivity contribution is 6.35. The Morgan fingerprint density at radius 3 is 2.12 bits per heavy atom. The molecule has 1 atom stereocenters. The fraction of sp³-hybridized carbons (Fsp3) is 0.231. The SMILES string of the molecule is CNC(=O)C(Cc1ccccc1)N(Cc1ccc(Cl)cc1Cl)C(=O)CCc1ccccc1. The molecule has 2 amide bonds. The molecule has 32 heavy (non-hydrogen) atoms. The van der Waals surface area contributed by atoms with Crippen LogP contribution in [0.4, 0.5) is 0 Å². The van der Waals surface area contributed by atoms with E-state index in [1.165, 1.54) is 0 Å². The number of likely N-dealkylation sites (N-methyl/N-ethyl adjacent to an activating group) is 1. The van der Waals surface area contributed by atoms with Gasteiger partial charge >= 0.3 is 0 Å². The molecular weight excluding hydrogens is 443 g/mol. The minimum atomic E-state index is -0.669.